The lowest BCUT2D eigenvalue weighted by atomic mass is 10.0. The molecular formula is C13H21N3O. The Morgan fingerprint density at radius 2 is 2.06 bits per heavy atom. The smallest absolute Gasteiger partial charge is 0.298 e. The van der Waals surface area contributed by atoms with Crippen molar-refractivity contribution >= 4 is 5.91 Å². The highest BCUT2D eigenvalue weighted by Crippen LogP contribution is 2.18. The zero-order valence-corrected chi connectivity index (χ0v) is 10.3. The predicted octanol–water partition coefficient (Wildman–Crippen LogP) is -0.0941. The van der Waals surface area contributed by atoms with E-state index in [1.54, 1.807) is 0 Å². The predicted molar refractivity (Wildman–Crippen MR) is 67.5 cm³/mol. The Labute approximate surface area is 103 Å². The molecule has 2 aliphatic rings. The monoisotopic (exact) mass is 235 g/mol. The average molecular weight is 235 g/mol. The first-order valence-electron chi connectivity index (χ1n) is 6.51. The molecule has 2 aliphatic heterocycles. The first-order valence-corrected chi connectivity index (χ1v) is 6.51. The van der Waals surface area contributed by atoms with E-state index in [4.69, 9.17) is 6.42 Å². The van der Waals surface area contributed by atoms with Crippen molar-refractivity contribution in [3.05, 3.63) is 0 Å². The molecule has 0 aromatic carbocycles. The maximum atomic E-state index is 11.7. The number of nitrogens with one attached hydrogen (secondary N) is 1. The highest BCUT2D eigenvalue weighted by atomic mass is 16.2. The Morgan fingerprint density at radius 1 is 1.29 bits per heavy atom. The van der Waals surface area contributed by atoms with Crippen molar-refractivity contribution in [2.75, 3.05) is 39.3 Å². The molecule has 2 saturated heterocycles. The van der Waals surface area contributed by atoms with Gasteiger partial charge in [-0.3, -0.25) is 9.69 Å². The first kappa shape index (κ1) is 12.4. The standard InChI is InChI=1S/C13H21N3O/c1-2-13(17)16-8-4-3-5-12(16)11-15-9-6-14-7-10-15/h1,12,14H,3-11H2. The molecule has 2 rings (SSSR count). The van der Waals surface area contributed by atoms with Gasteiger partial charge in [-0.15, -0.1) is 6.42 Å². The van der Waals surface area contributed by atoms with Crippen LogP contribution in [0, 0.1) is 12.3 Å². The number of likely N-dealkylation sites (tertiary alicyclic amines) is 1. The summed E-state index contributed by atoms with van der Waals surface area (Å²) >= 11 is 0. The molecule has 1 atom stereocenters. The van der Waals surface area contributed by atoms with Crippen molar-refractivity contribution in [2.45, 2.75) is 25.3 Å². The van der Waals surface area contributed by atoms with Gasteiger partial charge in [0, 0.05) is 45.3 Å². The van der Waals surface area contributed by atoms with Gasteiger partial charge in [0.1, 0.15) is 0 Å². The van der Waals surface area contributed by atoms with Crippen LogP contribution in [0.3, 0.4) is 0 Å². The second-order valence-corrected chi connectivity index (χ2v) is 4.84. The molecule has 0 radical (unpaired) electrons. The minimum Gasteiger partial charge on any atom is -0.328 e. The summed E-state index contributed by atoms with van der Waals surface area (Å²) in [6.45, 7) is 6.07. The summed E-state index contributed by atoms with van der Waals surface area (Å²) in [5.74, 6) is 2.12. The van der Waals surface area contributed by atoms with Crippen LogP contribution in [0.4, 0.5) is 0 Å². The Bertz CT molecular complexity index is 304. The normalized spacial score (nSPS) is 26.5. The topological polar surface area (TPSA) is 35.6 Å². The van der Waals surface area contributed by atoms with Crippen molar-refractivity contribution < 1.29 is 4.79 Å². The Hall–Kier alpha value is -1.05. The van der Waals surface area contributed by atoms with Crippen LogP contribution in [0.1, 0.15) is 19.3 Å². The highest BCUT2D eigenvalue weighted by Gasteiger charge is 2.27. The van der Waals surface area contributed by atoms with Gasteiger partial charge in [-0.2, -0.15) is 0 Å². The maximum absolute atomic E-state index is 11.7. The lowest BCUT2D eigenvalue weighted by Crippen LogP contribution is -2.52. The summed E-state index contributed by atoms with van der Waals surface area (Å²) in [4.78, 5) is 16.0. The lowest BCUT2D eigenvalue weighted by molar-refractivity contribution is -0.129. The van der Waals surface area contributed by atoms with Crippen LogP contribution in [0.25, 0.3) is 0 Å². The molecule has 4 nitrogen and oxygen atoms in total. The molecule has 1 amide bonds. The van der Waals surface area contributed by atoms with Gasteiger partial charge in [-0.05, 0) is 25.2 Å². The number of carbonyl (C=O) groups excluding carboxylic acids is 1. The van der Waals surface area contributed by atoms with E-state index in [1.165, 1.54) is 6.42 Å². The molecule has 17 heavy (non-hydrogen) atoms. The SMILES string of the molecule is C#CC(=O)N1CCCCC1CN1CCNCC1. The van der Waals surface area contributed by atoms with E-state index in [-0.39, 0.29) is 5.91 Å². The molecule has 0 spiro atoms. The van der Waals surface area contributed by atoms with Gasteiger partial charge in [0.05, 0.1) is 0 Å². The van der Waals surface area contributed by atoms with Crippen LogP contribution >= 0.6 is 0 Å². The van der Waals surface area contributed by atoms with Gasteiger partial charge in [-0.25, -0.2) is 0 Å². The lowest BCUT2D eigenvalue weighted by Gasteiger charge is -2.38. The van der Waals surface area contributed by atoms with Crippen LogP contribution in [0.2, 0.25) is 0 Å². The number of terminal acetylenes is 1. The summed E-state index contributed by atoms with van der Waals surface area (Å²) in [5.41, 5.74) is 0. The van der Waals surface area contributed by atoms with E-state index in [9.17, 15) is 4.79 Å². The minimum absolute atomic E-state index is 0.134. The minimum atomic E-state index is -0.134. The van der Waals surface area contributed by atoms with Gasteiger partial charge in [0.15, 0.2) is 0 Å². The summed E-state index contributed by atoms with van der Waals surface area (Å²) in [6, 6.07) is 0.324. The second-order valence-electron chi connectivity index (χ2n) is 4.84. The number of hydrogen-bond acceptors (Lipinski definition) is 3. The Kier molecular flexibility index (Phi) is 4.41. The van der Waals surface area contributed by atoms with Gasteiger partial charge in [0.25, 0.3) is 5.91 Å². The first-order chi connectivity index (χ1) is 8.31. The van der Waals surface area contributed by atoms with Gasteiger partial charge < -0.3 is 10.2 Å². The largest absolute Gasteiger partial charge is 0.328 e. The van der Waals surface area contributed by atoms with Gasteiger partial charge >= 0.3 is 0 Å². The summed E-state index contributed by atoms with van der Waals surface area (Å²) < 4.78 is 0. The van der Waals surface area contributed by atoms with Gasteiger partial charge in [-0.1, -0.05) is 0 Å². The highest BCUT2D eigenvalue weighted by molar-refractivity contribution is 5.93. The third kappa shape index (κ3) is 3.21. The third-order valence-electron chi connectivity index (χ3n) is 3.69. The average Bonchev–Trinajstić information content (AvgIpc) is 2.40. The molecule has 0 aliphatic carbocycles. The number of nitrogens with zero attached hydrogens (tertiary/aromatic N) is 2. The molecule has 1 unspecified atom stereocenters. The van der Waals surface area contributed by atoms with Crippen molar-refractivity contribution in [3.63, 3.8) is 0 Å². The van der Waals surface area contributed by atoms with Crippen LogP contribution in [-0.4, -0.2) is 61.0 Å². The molecule has 0 aromatic rings. The summed E-state index contributed by atoms with van der Waals surface area (Å²) in [7, 11) is 0. The molecule has 94 valence electrons. The number of piperidine rings is 1. The molecule has 2 fully saturated rings. The summed E-state index contributed by atoms with van der Waals surface area (Å²) in [5, 5.41) is 3.34. The van der Waals surface area contributed by atoms with E-state index < -0.39 is 0 Å². The number of hydrogen-bond donors (Lipinski definition) is 1. The van der Waals surface area contributed by atoms with E-state index in [2.05, 4.69) is 16.1 Å². The quantitative estimate of drug-likeness (QED) is 0.679. The molecule has 1 N–H and O–H groups in total. The fraction of sp³-hybridized carbons (Fsp3) is 0.769. The molecule has 4 heteroatoms. The van der Waals surface area contributed by atoms with Crippen molar-refractivity contribution in [2.24, 2.45) is 0 Å². The van der Waals surface area contributed by atoms with Crippen LogP contribution < -0.4 is 5.32 Å². The van der Waals surface area contributed by atoms with Crippen molar-refractivity contribution in [1.82, 2.24) is 15.1 Å². The molecule has 0 bridgehead atoms. The maximum Gasteiger partial charge on any atom is 0.298 e. The number of carbonyl (C=O) groups is 1. The Balaban J connectivity index is 1.91. The molecule has 2 heterocycles. The van der Waals surface area contributed by atoms with Crippen molar-refractivity contribution in [3.8, 4) is 12.3 Å². The number of amides is 1. The summed E-state index contributed by atoms with van der Waals surface area (Å²) in [6.07, 6.45) is 8.63. The zero-order valence-electron chi connectivity index (χ0n) is 10.3. The Morgan fingerprint density at radius 3 is 2.76 bits per heavy atom. The molecular weight excluding hydrogens is 214 g/mol. The van der Waals surface area contributed by atoms with E-state index in [0.717, 1.165) is 52.1 Å². The second kappa shape index (κ2) is 6.04. The molecule has 0 saturated carbocycles. The fourth-order valence-corrected chi connectivity index (χ4v) is 2.73. The van der Waals surface area contributed by atoms with E-state index in [1.807, 2.05) is 4.90 Å². The van der Waals surface area contributed by atoms with Crippen LogP contribution in [0.15, 0.2) is 0 Å². The number of rotatable bonds is 2. The fourth-order valence-electron chi connectivity index (χ4n) is 2.73. The van der Waals surface area contributed by atoms with Gasteiger partial charge in [0.2, 0.25) is 0 Å². The molecule has 0 aromatic heterocycles. The van der Waals surface area contributed by atoms with E-state index in [0.29, 0.717) is 6.04 Å². The van der Waals surface area contributed by atoms with Crippen LogP contribution in [0.5, 0.6) is 0 Å². The zero-order chi connectivity index (χ0) is 12.1. The third-order valence-corrected chi connectivity index (χ3v) is 3.69. The van der Waals surface area contributed by atoms with E-state index >= 15 is 0 Å². The number of piperazine rings is 1. The van der Waals surface area contributed by atoms with Crippen molar-refractivity contribution in [1.29, 1.82) is 0 Å². The van der Waals surface area contributed by atoms with Crippen LogP contribution in [-0.2, 0) is 4.79 Å².